The van der Waals surface area contributed by atoms with Gasteiger partial charge in [0.25, 0.3) is 0 Å². The number of fused-ring (bicyclic) bond motifs is 3. The van der Waals surface area contributed by atoms with Crippen molar-refractivity contribution in [1.29, 1.82) is 0 Å². The van der Waals surface area contributed by atoms with E-state index in [0.29, 0.717) is 6.54 Å². The quantitative estimate of drug-likeness (QED) is 0.691. The van der Waals surface area contributed by atoms with Crippen molar-refractivity contribution in [2.24, 2.45) is 5.73 Å². The van der Waals surface area contributed by atoms with E-state index in [4.69, 9.17) is 5.73 Å². The summed E-state index contributed by atoms with van der Waals surface area (Å²) in [5.74, 6) is 0. The second-order valence-electron chi connectivity index (χ2n) is 4.45. The van der Waals surface area contributed by atoms with Crippen LogP contribution in [0.5, 0.6) is 0 Å². The highest BCUT2D eigenvalue weighted by Crippen LogP contribution is 2.22. The smallest absolute Gasteiger partial charge is 0.145 e. The molecule has 0 saturated carbocycles. The van der Waals surface area contributed by atoms with Gasteiger partial charge in [-0.3, -0.25) is 0 Å². The van der Waals surface area contributed by atoms with Gasteiger partial charge in [0.2, 0.25) is 0 Å². The molecule has 2 aromatic heterocycles. The number of aryl methyl sites for hydroxylation is 2. The van der Waals surface area contributed by atoms with Crippen molar-refractivity contribution in [1.82, 2.24) is 9.38 Å². The first-order chi connectivity index (χ1) is 8.20. The molecule has 0 bridgehead atoms. The van der Waals surface area contributed by atoms with Gasteiger partial charge in [-0.15, -0.1) is 0 Å². The summed E-state index contributed by atoms with van der Waals surface area (Å²) >= 11 is 0. The summed E-state index contributed by atoms with van der Waals surface area (Å²) in [5, 5.41) is 2.41. The van der Waals surface area contributed by atoms with E-state index in [1.807, 2.05) is 6.92 Å². The van der Waals surface area contributed by atoms with E-state index < -0.39 is 0 Å². The lowest BCUT2D eigenvalue weighted by Crippen LogP contribution is -2.02. The third kappa shape index (κ3) is 1.43. The number of aromatic nitrogens is 2. The number of benzene rings is 1. The molecule has 0 aliphatic heterocycles. The highest BCUT2D eigenvalue weighted by atomic mass is 15.0. The summed E-state index contributed by atoms with van der Waals surface area (Å²) in [7, 11) is 0. The molecule has 0 radical (unpaired) electrons. The number of nitrogens with two attached hydrogens (primary N) is 1. The molecule has 0 saturated heterocycles. The molecule has 0 amide bonds. The van der Waals surface area contributed by atoms with Gasteiger partial charge in [0.1, 0.15) is 5.65 Å². The fourth-order valence-corrected chi connectivity index (χ4v) is 2.35. The summed E-state index contributed by atoms with van der Waals surface area (Å²) in [6.45, 7) is 4.63. The van der Waals surface area contributed by atoms with Crippen molar-refractivity contribution in [3.05, 3.63) is 47.4 Å². The van der Waals surface area contributed by atoms with E-state index in [1.165, 1.54) is 16.3 Å². The van der Waals surface area contributed by atoms with Crippen LogP contribution in [-0.2, 0) is 6.54 Å². The second kappa shape index (κ2) is 3.57. The molecule has 0 aliphatic carbocycles. The number of nitrogens with zero attached hydrogens (tertiary/aromatic N) is 2. The SMILES string of the molecule is Cc1ccc2c(ccn3c(CN)c(C)nc23)c1. The zero-order chi connectivity index (χ0) is 12.0. The van der Waals surface area contributed by atoms with E-state index in [-0.39, 0.29) is 0 Å². The maximum absolute atomic E-state index is 5.77. The molecule has 0 unspecified atom stereocenters. The molecule has 3 heteroatoms. The predicted octanol–water partition coefficient (Wildman–Crippen LogP) is 2.56. The Morgan fingerprint density at radius 3 is 2.82 bits per heavy atom. The van der Waals surface area contributed by atoms with Gasteiger partial charge in [-0.2, -0.15) is 0 Å². The predicted molar refractivity (Wildman–Crippen MR) is 70.1 cm³/mol. The Hall–Kier alpha value is -1.87. The van der Waals surface area contributed by atoms with Gasteiger partial charge < -0.3 is 10.1 Å². The largest absolute Gasteiger partial charge is 0.325 e. The van der Waals surface area contributed by atoms with Crippen molar-refractivity contribution in [2.75, 3.05) is 0 Å². The monoisotopic (exact) mass is 225 g/mol. The lowest BCUT2D eigenvalue weighted by atomic mass is 10.1. The van der Waals surface area contributed by atoms with Crippen LogP contribution in [0.3, 0.4) is 0 Å². The van der Waals surface area contributed by atoms with Crippen molar-refractivity contribution in [3.8, 4) is 0 Å². The summed E-state index contributed by atoms with van der Waals surface area (Å²) in [6.07, 6.45) is 2.05. The zero-order valence-electron chi connectivity index (χ0n) is 10.1. The van der Waals surface area contributed by atoms with Crippen LogP contribution in [-0.4, -0.2) is 9.38 Å². The number of rotatable bonds is 1. The van der Waals surface area contributed by atoms with Crippen molar-refractivity contribution < 1.29 is 0 Å². The topological polar surface area (TPSA) is 43.3 Å². The summed E-state index contributed by atoms with van der Waals surface area (Å²) in [6, 6.07) is 8.55. The highest BCUT2D eigenvalue weighted by molar-refractivity contribution is 5.94. The van der Waals surface area contributed by atoms with Gasteiger partial charge >= 0.3 is 0 Å². The molecular weight excluding hydrogens is 210 g/mol. The van der Waals surface area contributed by atoms with Crippen LogP contribution in [0, 0.1) is 13.8 Å². The van der Waals surface area contributed by atoms with Crippen LogP contribution in [0.15, 0.2) is 30.5 Å². The molecule has 3 aromatic rings. The average molecular weight is 225 g/mol. The Morgan fingerprint density at radius 1 is 1.24 bits per heavy atom. The number of imidazole rings is 1. The minimum absolute atomic E-state index is 0.518. The molecule has 0 atom stereocenters. The van der Waals surface area contributed by atoms with E-state index in [2.05, 4.69) is 46.8 Å². The molecular formula is C14H15N3. The van der Waals surface area contributed by atoms with E-state index in [0.717, 1.165) is 17.0 Å². The Morgan fingerprint density at radius 2 is 2.06 bits per heavy atom. The van der Waals surface area contributed by atoms with Crippen molar-refractivity contribution in [3.63, 3.8) is 0 Å². The minimum Gasteiger partial charge on any atom is -0.325 e. The van der Waals surface area contributed by atoms with Crippen molar-refractivity contribution >= 4 is 16.4 Å². The van der Waals surface area contributed by atoms with Crippen LogP contribution in [0.1, 0.15) is 17.0 Å². The van der Waals surface area contributed by atoms with Crippen LogP contribution in [0.25, 0.3) is 16.4 Å². The Labute approximate surface area is 99.9 Å². The number of hydrogen-bond donors (Lipinski definition) is 1. The lowest BCUT2D eigenvalue weighted by molar-refractivity contribution is 0.946. The molecule has 3 nitrogen and oxygen atoms in total. The van der Waals surface area contributed by atoms with E-state index >= 15 is 0 Å². The Balaban J connectivity index is 2.48. The normalized spacial score (nSPS) is 11.5. The molecule has 17 heavy (non-hydrogen) atoms. The van der Waals surface area contributed by atoms with Gasteiger partial charge in [-0.05, 0) is 25.3 Å². The maximum Gasteiger partial charge on any atom is 0.145 e. The molecule has 0 aliphatic rings. The third-order valence-electron chi connectivity index (χ3n) is 3.25. The van der Waals surface area contributed by atoms with Crippen LogP contribution < -0.4 is 5.73 Å². The first-order valence-corrected chi connectivity index (χ1v) is 5.77. The average Bonchev–Trinajstić information content (AvgIpc) is 2.64. The van der Waals surface area contributed by atoms with Crippen LogP contribution in [0.2, 0.25) is 0 Å². The molecule has 0 fully saturated rings. The lowest BCUT2D eigenvalue weighted by Gasteiger charge is -2.03. The van der Waals surface area contributed by atoms with Gasteiger partial charge in [-0.1, -0.05) is 23.8 Å². The number of hydrogen-bond acceptors (Lipinski definition) is 2. The standard InChI is InChI=1S/C14H15N3/c1-9-3-4-12-11(7-9)5-6-17-13(8-15)10(2)16-14(12)17/h3-7H,8,15H2,1-2H3. The molecule has 3 rings (SSSR count). The number of pyridine rings is 1. The third-order valence-corrected chi connectivity index (χ3v) is 3.25. The molecule has 2 heterocycles. The van der Waals surface area contributed by atoms with Crippen LogP contribution in [0.4, 0.5) is 0 Å². The fourth-order valence-electron chi connectivity index (χ4n) is 2.35. The summed E-state index contributed by atoms with van der Waals surface area (Å²) < 4.78 is 2.09. The van der Waals surface area contributed by atoms with E-state index in [1.54, 1.807) is 0 Å². The first kappa shape index (κ1) is 10.3. The summed E-state index contributed by atoms with van der Waals surface area (Å²) in [4.78, 5) is 4.62. The zero-order valence-corrected chi connectivity index (χ0v) is 10.1. The minimum atomic E-state index is 0.518. The maximum atomic E-state index is 5.77. The molecule has 0 spiro atoms. The van der Waals surface area contributed by atoms with Gasteiger partial charge in [0.05, 0.1) is 11.4 Å². The highest BCUT2D eigenvalue weighted by Gasteiger charge is 2.09. The molecule has 1 aromatic carbocycles. The van der Waals surface area contributed by atoms with Gasteiger partial charge in [-0.25, -0.2) is 4.98 Å². The summed E-state index contributed by atoms with van der Waals surface area (Å²) in [5.41, 5.74) is 10.1. The van der Waals surface area contributed by atoms with Gasteiger partial charge in [0, 0.05) is 18.1 Å². The van der Waals surface area contributed by atoms with Gasteiger partial charge in [0.15, 0.2) is 0 Å². The van der Waals surface area contributed by atoms with Crippen molar-refractivity contribution in [2.45, 2.75) is 20.4 Å². The van der Waals surface area contributed by atoms with Crippen LogP contribution >= 0.6 is 0 Å². The molecule has 2 N–H and O–H groups in total. The van der Waals surface area contributed by atoms with E-state index in [9.17, 15) is 0 Å². The fraction of sp³-hybridized carbons (Fsp3) is 0.214. The Bertz CT molecular complexity index is 710. The molecule has 86 valence electrons. The second-order valence-corrected chi connectivity index (χ2v) is 4.45. The Kier molecular flexibility index (Phi) is 2.16. The first-order valence-electron chi connectivity index (χ1n) is 5.77.